The van der Waals surface area contributed by atoms with E-state index in [1.165, 1.54) is 31.7 Å². The lowest BCUT2D eigenvalue weighted by atomic mass is 9.89. The van der Waals surface area contributed by atoms with E-state index >= 15 is 0 Å². The Bertz CT molecular complexity index is 520. The maximum atomic E-state index is 13.6. The standard InChI is InChI=1S/C16H21FN2O/c1-9-14(17)6-12(7-15(9)18)16(20)19-8-13-5-10-2-3-11(13)4-10/h6-7,10-11,13H,2-5,8,18H2,1H3,(H,19,20). The summed E-state index contributed by atoms with van der Waals surface area (Å²) >= 11 is 0. The number of amides is 1. The minimum absolute atomic E-state index is 0.224. The quantitative estimate of drug-likeness (QED) is 0.834. The zero-order chi connectivity index (χ0) is 14.3. The first-order valence-corrected chi connectivity index (χ1v) is 7.38. The molecule has 20 heavy (non-hydrogen) atoms. The summed E-state index contributed by atoms with van der Waals surface area (Å²) in [6.45, 7) is 2.32. The fourth-order valence-corrected chi connectivity index (χ4v) is 3.78. The molecule has 2 fully saturated rings. The van der Waals surface area contributed by atoms with Gasteiger partial charge in [0.15, 0.2) is 0 Å². The summed E-state index contributed by atoms with van der Waals surface area (Å²) in [4.78, 5) is 12.1. The summed E-state index contributed by atoms with van der Waals surface area (Å²) in [6, 6.07) is 2.82. The van der Waals surface area contributed by atoms with E-state index in [2.05, 4.69) is 5.32 Å². The molecular formula is C16H21FN2O. The number of anilines is 1. The molecule has 3 nitrogen and oxygen atoms in total. The molecule has 0 saturated heterocycles. The second kappa shape index (κ2) is 5.08. The highest BCUT2D eigenvalue weighted by atomic mass is 19.1. The number of hydrogen-bond acceptors (Lipinski definition) is 2. The molecule has 0 heterocycles. The van der Waals surface area contributed by atoms with Gasteiger partial charge in [-0.1, -0.05) is 6.42 Å². The molecule has 1 amide bonds. The predicted octanol–water partition coefficient (Wildman–Crippen LogP) is 2.88. The monoisotopic (exact) mass is 276 g/mol. The molecule has 0 aromatic heterocycles. The number of halogens is 1. The SMILES string of the molecule is Cc1c(N)cc(C(=O)NCC2CC3CCC2C3)cc1F. The predicted molar refractivity (Wildman–Crippen MR) is 76.8 cm³/mol. The molecule has 3 rings (SSSR count). The lowest BCUT2D eigenvalue weighted by molar-refractivity contribution is 0.0941. The number of nitrogen functional groups attached to an aromatic ring is 1. The largest absolute Gasteiger partial charge is 0.398 e. The number of carbonyl (C=O) groups excluding carboxylic acids is 1. The lowest BCUT2D eigenvalue weighted by Gasteiger charge is -2.21. The fourth-order valence-electron chi connectivity index (χ4n) is 3.78. The second-order valence-electron chi connectivity index (χ2n) is 6.32. The Morgan fingerprint density at radius 2 is 2.20 bits per heavy atom. The van der Waals surface area contributed by atoms with Crippen LogP contribution in [0.15, 0.2) is 12.1 Å². The minimum Gasteiger partial charge on any atom is -0.398 e. The maximum Gasteiger partial charge on any atom is 0.251 e. The van der Waals surface area contributed by atoms with Crippen LogP contribution in [-0.4, -0.2) is 12.5 Å². The van der Waals surface area contributed by atoms with Crippen molar-refractivity contribution < 1.29 is 9.18 Å². The molecule has 2 aliphatic rings. The fraction of sp³-hybridized carbons (Fsp3) is 0.562. The van der Waals surface area contributed by atoms with Crippen LogP contribution in [0, 0.1) is 30.5 Å². The highest BCUT2D eigenvalue weighted by molar-refractivity contribution is 5.95. The minimum atomic E-state index is -0.421. The number of nitrogens with two attached hydrogens (primary N) is 1. The van der Waals surface area contributed by atoms with E-state index in [1.807, 2.05) is 0 Å². The van der Waals surface area contributed by atoms with Crippen molar-refractivity contribution in [3.05, 3.63) is 29.1 Å². The highest BCUT2D eigenvalue weighted by Gasteiger charge is 2.39. The summed E-state index contributed by atoms with van der Waals surface area (Å²) in [5, 5.41) is 2.94. The second-order valence-corrected chi connectivity index (χ2v) is 6.32. The van der Waals surface area contributed by atoms with Gasteiger partial charge in [0.2, 0.25) is 0 Å². The van der Waals surface area contributed by atoms with Crippen molar-refractivity contribution in [2.75, 3.05) is 12.3 Å². The zero-order valence-electron chi connectivity index (χ0n) is 11.8. The van der Waals surface area contributed by atoms with E-state index in [0.717, 1.165) is 11.8 Å². The molecule has 3 unspecified atom stereocenters. The van der Waals surface area contributed by atoms with Crippen molar-refractivity contribution in [3.8, 4) is 0 Å². The topological polar surface area (TPSA) is 55.1 Å². The van der Waals surface area contributed by atoms with Gasteiger partial charge in [0.1, 0.15) is 5.82 Å². The number of nitrogens with one attached hydrogen (secondary N) is 1. The first-order chi connectivity index (χ1) is 9.54. The molecule has 0 aliphatic heterocycles. The van der Waals surface area contributed by atoms with E-state index in [4.69, 9.17) is 5.73 Å². The van der Waals surface area contributed by atoms with Gasteiger partial charge < -0.3 is 11.1 Å². The molecule has 1 aromatic rings. The third-order valence-electron chi connectivity index (χ3n) is 5.06. The average Bonchev–Trinajstić information content (AvgIpc) is 3.04. The van der Waals surface area contributed by atoms with Gasteiger partial charge >= 0.3 is 0 Å². The number of carbonyl (C=O) groups is 1. The summed E-state index contributed by atoms with van der Waals surface area (Å²) in [6.07, 6.45) is 5.22. The van der Waals surface area contributed by atoms with Crippen molar-refractivity contribution in [1.29, 1.82) is 0 Å². The van der Waals surface area contributed by atoms with Crippen molar-refractivity contribution in [3.63, 3.8) is 0 Å². The first-order valence-electron chi connectivity index (χ1n) is 7.38. The molecule has 4 heteroatoms. The van der Waals surface area contributed by atoms with Crippen LogP contribution in [-0.2, 0) is 0 Å². The summed E-state index contributed by atoms with van der Waals surface area (Å²) in [7, 11) is 0. The van der Waals surface area contributed by atoms with Crippen LogP contribution in [0.25, 0.3) is 0 Å². The average molecular weight is 276 g/mol. The first kappa shape index (κ1) is 13.4. The van der Waals surface area contributed by atoms with Crippen LogP contribution in [0.5, 0.6) is 0 Å². The summed E-state index contributed by atoms with van der Waals surface area (Å²) in [5.41, 5.74) is 6.75. The molecule has 3 atom stereocenters. The van der Waals surface area contributed by atoms with Gasteiger partial charge in [-0.25, -0.2) is 4.39 Å². The van der Waals surface area contributed by atoms with Crippen LogP contribution in [0.2, 0.25) is 0 Å². The van der Waals surface area contributed by atoms with Crippen LogP contribution < -0.4 is 11.1 Å². The molecule has 0 radical (unpaired) electrons. The third-order valence-corrected chi connectivity index (χ3v) is 5.06. The molecule has 0 spiro atoms. The number of hydrogen-bond donors (Lipinski definition) is 2. The zero-order valence-corrected chi connectivity index (χ0v) is 11.8. The highest BCUT2D eigenvalue weighted by Crippen LogP contribution is 2.47. The Labute approximate surface area is 118 Å². The van der Waals surface area contributed by atoms with E-state index in [0.29, 0.717) is 29.3 Å². The molecule has 1 aromatic carbocycles. The Morgan fingerprint density at radius 3 is 2.80 bits per heavy atom. The Morgan fingerprint density at radius 1 is 1.40 bits per heavy atom. The van der Waals surface area contributed by atoms with E-state index in [9.17, 15) is 9.18 Å². The number of rotatable bonds is 3. The molecule has 2 bridgehead atoms. The molecule has 3 N–H and O–H groups in total. The molecule has 2 saturated carbocycles. The van der Waals surface area contributed by atoms with Crippen molar-refractivity contribution >= 4 is 11.6 Å². The smallest absolute Gasteiger partial charge is 0.251 e. The molecular weight excluding hydrogens is 255 g/mol. The van der Waals surface area contributed by atoms with Crippen molar-refractivity contribution in [1.82, 2.24) is 5.32 Å². The van der Waals surface area contributed by atoms with Crippen LogP contribution in [0.4, 0.5) is 10.1 Å². The van der Waals surface area contributed by atoms with Gasteiger partial charge in [-0.3, -0.25) is 4.79 Å². The molecule has 108 valence electrons. The van der Waals surface area contributed by atoms with Crippen molar-refractivity contribution in [2.45, 2.75) is 32.6 Å². The van der Waals surface area contributed by atoms with Gasteiger partial charge in [0, 0.05) is 23.4 Å². The van der Waals surface area contributed by atoms with E-state index < -0.39 is 5.82 Å². The molecule has 2 aliphatic carbocycles. The summed E-state index contributed by atoms with van der Waals surface area (Å²) in [5.74, 6) is 1.60. The van der Waals surface area contributed by atoms with Gasteiger partial charge in [-0.2, -0.15) is 0 Å². The normalized spacial score (nSPS) is 27.8. The van der Waals surface area contributed by atoms with Gasteiger partial charge in [0.05, 0.1) is 0 Å². The Kier molecular flexibility index (Phi) is 3.40. The Balaban J connectivity index is 1.62. The summed E-state index contributed by atoms with van der Waals surface area (Å²) < 4.78 is 13.6. The van der Waals surface area contributed by atoms with Gasteiger partial charge in [-0.15, -0.1) is 0 Å². The van der Waals surface area contributed by atoms with Crippen LogP contribution in [0.3, 0.4) is 0 Å². The van der Waals surface area contributed by atoms with Gasteiger partial charge in [-0.05, 0) is 56.1 Å². The maximum absolute atomic E-state index is 13.6. The van der Waals surface area contributed by atoms with E-state index in [-0.39, 0.29) is 5.91 Å². The van der Waals surface area contributed by atoms with E-state index in [1.54, 1.807) is 13.0 Å². The van der Waals surface area contributed by atoms with Crippen LogP contribution >= 0.6 is 0 Å². The number of benzene rings is 1. The lowest BCUT2D eigenvalue weighted by Crippen LogP contribution is -2.31. The van der Waals surface area contributed by atoms with Crippen molar-refractivity contribution in [2.24, 2.45) is 17.8 Å². The Hall–Kier alpha value is -1.58. The number of fused-ring (bicyclic) bond motifs is 2. The van der Waals surface area contributed by atoms with Gasteiger partial charge in [0.25, 0.3) is 5.91 Å². The third kappa shape index (κ3) is 2.39. The van der Waals surface area contributed by atoms with Crippen LogP contribution in [0.1, 0.15) is 41.6 Å².